The Labute approximate surface area is 114 Å². The van der Waals surface area contributed by atoms with Crippen molar-refractivity contribution in [1.29, 1.82) is 0 Å². The van der Waals surface area contributed by atoms with Gasteiger partial charge in [-0.05, 0) is 13.3 Å². The molecule has 2 heterocycles. The van der Waals surface area contributed by atoms with Crippen LogP contribution in [0.5, 0.6) is 0 Å². The summed E-state index contributed by atoms with van der Waals surface area (Å²) < 4.78 is 5.64. The number of rotatable bonds is 3. The lowest BCUT2D eigenvalue weighted by Crippen LogP contribution is -2.53. The number of amides is 1. The number of ketones is 1. The second-order valence-electron chi connectivity index (χ2n) is 5.55. The van der Waals surface area contributed by atoms with Crippen LogP contribution in [0.25, 0.3) is 0 Å². The van der Waals surface area contributed by atoms with E-state index in [2.05, 4.69) is 11.8 Å². The molecular weight excluding hydrogens is 244 g/mol. The van der Waals surface area contributed by atoms with Gasteiger partial charge < -0.3 is 9.64 Å². The Balaban J connectivity index is 1.87. The lowest BCUT2D eigenvalue weighted by atomic mass is 10.1. The zero-order chi connectivity index (χ0) is 13.8. The quantitative estimate of drug-likeness (QED) is 0.755. The van der Waals surface area contributed by atoms with Crippen molar-refractivity contribution in [3.63, 3.8) is 0 Å². The van der Waals surface area contributed by atoms with Gasteiger partial charge in [0.1, 0.15) is 5.78 Å². The molecule has 0 aromatic heterocycles. The molecular formula is C14H24N2O3. The SMILES string of the molecule is CCC1COC(C)CN1CC(=O)N1CCC(=O)CC1. The molecule has 0 saturated carbocycles. The predicted octanol–water partition coefficient (Wildman–Crippen LogP) is 0.677. The number of carbonyl (C=O) groups is 2. The number of piperidine rings is 1. The van der Waals surface area contributed by atoms with Gasteiger partial charge in [0.05, 0.1) is 19.3 Å². The Hall–Kier alpha value is -0.940. The molecule has 0 aliphatic carbocycles. The minimum absolute atomic E-state index is 0.153. The van der Waals surface area contributed by atoms with E-state index in [1.165, 1.54) is 0 Å². The van der Waals surface area contributed by atoms with Crippen molar-refractivity contribution in [3.8, 4) is 0 Å². The summed E-state index contributed by atoms with van der Waals surface area (Å²) in [5.41, 5.74) is 0. The third kappa shape index (κ3) is 3.76. The molecule has 5 nitrogen and oxygen atoms in total. The average Bonchev–Trinajstić information content (AvgIpc) is 2.39. The first-order valence-corrected chi connectivity index (χ1v) is 7.25. The van der Waals surface area contributed by atoms with Crippen LogP contribution in [-0.4, -0.2) is 66.4 Å². The van der Waals surface area contributed by atoms with Crippen molar-refractivity contribution in [1.82, 2.24) is 9.80 Å². The molecule has 0 bridgehead atoms. The van der Waals surface area contributed by atoms with Gasteiger partial charge >= 0.3 is 0 Å². The zero-order valence-electron chi connectivity index (χ0n) is 11.9. The van der Waals surface area contributed by atoms with Crippen molar-refractivity contribution in [2.24, 2.45) is 0 Å². The number of ether oxygens (including phenoxy) is 1. The Morgan fingerprint density at radius 1 is 1.37 bits per heavy atom. The highest BCUT2D eigenvalue weighted by atomic mass is 16.5. The van der Waals surface area contributed by atoms with Crippen LogP contribution < -0.4 is 0 Å². The maximum absolute atomic E-state index is 12.3. The molecule has 5 heteroatoms. The van der Waals surface area contributed by atoms with E-state index < -0.39 is 0 Å². The van der Waals surface area contributed by atoms with Crippen LogP contribution in [0.4, 0.5) is 0 Å². The second kappa shape index (κ2) is 6.48. The maximum atomic E-state index is 12.3. The molecule has 19 heavy (non-hydrogen) atoms. The number of hydrogen-bond donors (Lipinski definition) is 0. The smallest absolute Gasteiger partial charge is 0.236 e. The molecule has 2 aliphatic rings. The van der Waals surface area contributed by atoms with Gasteiger partial charge in [0.15, 0.2) is 0 Å². The van der Waals surface area contributed by atoms with E-state index in [0.717, 1.165) is 13.0 Å². The summed E-state index contributed by atoms with van der Waals surface area (Å²) in [4.78, 5) is 27.5. The molecule has 0 spiro atoms. The summed E-state index contributed by atoms with van der Waals surface area (Å²) in [6, 6.07) is 0.339. The first-order valence-electron chi connectivity index (χ1n) is 7.25. The van der Waals surface area contributed by atoms with Crippen LogP contribution >= 0.6 is 0 Å². The minimum atomic E-state index is 0.153. The van der Waals surface area contributed by atoms with Crippen LogP contribution in [-0.2, 0) is 14.3 Å². The lowest BCUT2D eigenvalue weighted by Gasteiger charge is -2.39. The van der Waals surface area contributed by atoms with E-state index in [9.17, 15) is 9.59 Å². The highest BCUT2D eigenvalue weighted by molar-refractivity contribution is 5.84. The van der Waals surface area contributed by atoms with Crippen molar-refractivity contribution >= 4 is 11.7 Å². The van der Waals surface area contributed by atoms with Gasteiger partial charge in [0.25, 0.3) is 0 Å². The molecule has 2 atom stereocenters. The summed E-state index contributed by atoms with van der Waals surface area (Å²) in [6.45, 7) is 7.34. The van der Waals surface area contributed by atoms with Gasteiger partial charge in [-0.15, -0.1) is 0 Å². The third-order valence-electron chi connectivity index (χ3n) is 4.06. The predicted molar refractivity (Wildman–Crippen MR) is 71.9 cm³/mol. The summed E-state index contributed by atoms with van der Waals surface area (Å²) in [5.74, 6) is 0.426. The van der Waals surface area contributed by atoms with E-state index in [4.69, 9.17) is 4.74 Å². The van der Waals surface area contributed by atoms with Gasteiger partial charge in [0.2, 0.25) is 5.91 Å². The van der Waals surface area contributed by atoms with E-state index in [-0.39, 0.29) is 17.8 Å². The van der Waals surface area contributed by atoms with Crippen molar-refractivity contribution in [2.45, 2.75) is 45.3 Å². The van der Waals surface area contributed by atoms with Gasteiger partial charge in [-0.1, -0.05) is 6.92 Å². The van der Waals surface area contributed by atoms with Crippen LogP contribution in [0, 0.1) is 0 Å². The first-order chi connectivity index (χ1) is 9.10. The van der Waals surface area contributed by atoms with Crippen molar-refractivity contribution < 1.29 is 14.3 Å². The van der Waals surface area contributed by atoms with Crippen molar-refractivity contribution in [3.05, 3.63) is 0 Å². The number of hydrogen-bond acceptors (Lipinski definition) is 4. The van der Waals surface area contributed by atoms with Crippen molar-refractivity contribution in [2.75, 3.05) is 32.8 Å². The van der Waals surface area contributed by atoms with Crippen LogP contribution in [0.3, 0.4) is 0 Å². The largest absolute Gasteiger partial charge is 0.376 e. The molecule has 1 amide bonds. The van der Waals surface area contributed by atoms with E-state index in [0.29, 0.717) is 45.1 Å². The third-order valence-corrected chi connectivity index (χ3v) is 4.06. The Morgan fingerprint density at radius 2 is 2.05 bits per heavy atom. The highest BCUT2D eigenvalue weighted by Crippen LogP contribution is 2.15. The first kappa shape index (κ1) is 14.5. The minimum Gasteiger partial charge on any atom is -0.376 e. The Morgan fingerprint density at radius 3 is 2.68 bits per heavy atom. The monoisotopic (exact) mass is 268 g/mol. The number of nitrogens with zero attached hydrogens (tertiary/aromatic N) is 2. The van der Waals surface area contributed by atoms with Crippen LogP contribution in [0.1, 0.15) is 33.1 Å². The molecule has 0 aromatic rings. The molecule has 0 N–H and O–H groups in total. The van der Waals surface area contributed by atoms with Gasteiger partial charge in [0, 0.05) is 38.5 Å². The fraction of sp³-hybridized carbons (Fsp3) is 0.857. The molecule has 0 radical (unpaired) electrons. The van der Waals surface area contributed by atoms with Gasteiger partial charge in [-0.3, -0.25) is 14.5 Å². The summed E-state index contributed by atoms with van der Waals surface area (Å²) >= 11 is 0. The molecule has 108 valence electrons. The Kier molecular flexibility index (Phi) is 4.93. The molecule has 2 aliphatic heterocycles. The topological polar surface area (TPSA) is 49.9 Å². The standard InChI is InChI=1S/C14H24N2O3/c1-3-12-10-19-11(2)8-16(12)9-14(18)15-6-4-13(17)5-7-15/h11-12H,3-10H2,1-2H3. The van der Waals surface area contributed by atoms with Crippen LogP contribution in [0.2, 0.25) is 0 Å². The Bertz CT molecular complexity index is 336. The highest BCUT2D eigenvalue weighted by Gasteiger charge is 2.29. The maximum Gasteiger partial charge on any atom is 0.236 e. The number of Topliss-reactive ketones (excluding diaryl/α,β-unsaturated/α-hetero) is 1. The summed E-state index contributed by atoms with van der Waals surface area (Å²) in [6.07, 6.45) is 2.22. The van der Waals surface area contributed by atoms with Gasteiger partial charge in [-0.2, -0.15) is 0 Å². The molecule has 2 unspecified atom stereocenters. The average molecular weight is 268 g/mol. The lowest BCUT2D eigenvalue weighted by molar-refractivity contribution is -0.138. The zero-order valence-corrected chi connectivity index (χ0v) is 11.9. The molecule has 2 rings (SSSR count). The number of morpholine rings is 1. The summed E-state index contributed by atoms with van der Waals surface area (Å²) in [5, 5.41) is 0. The fourth-order valence-corrected chi connectivity index (χ4v) is 2.76. The summed E-state index contributed by atoms with van der Waals surface area (Å²) in [7, 11) is 0. The number of likely N-dealkylation sites (tertiary alicyclic amines) is 1. The molecule has 2 saturated heterocycles. The molecule has 2 fully saturated rings. The van der Waals surface area contributed by atoms with Gasteiger partial charge in [-0.25, -0.2) is 0 Å². The van der Waals surface area contributed by atoms with E-state index in [1.807, 2.05) is 11.8 Å². The second-order valence-corrected chi connectivity index (χ2v) is 5.55. The molecule has 0 aromatic carbocycles. The van der Waals surface area contributed by atoms with E-state index >= 15 is 0 Å². The number of carbonyl (C=O) groups excluding carboxylic acids is 2. The fourth-order valence-electron chi connectivity index (χ4n) is 2.76. The van der Waals surface area contributed by atoms with E-state index in [1.54, 1.807) is 0 Å². The normalized spacial score (nSPS) is 29.6. The van der Waals surface area contributed by atoms with Crippen LogP contribution in [0.15, 0.2) is 0 Å².